The van der Waals surface area contributed by atoms with Crippen molar-refractivity contribution in [3.63, 3.8) is 0 Å². The van der Waals surface area contributed by atoms with Crippen LogP contribution in [0.3, 0.4) is 0 Å². The molecule has 1 aliphatic heterocycles. The van der Waals surface area contributed by atoms with Crippen LogP contribution in [0.25, 0.3) is 0 Å². The minimum Gasteiger partial charge on any atom is -0.494 e. The maximum Gasteiger partial charge on any atom is 0.170 e. The Morgan fingerprint density at radius 1 is 1.26 bits per heavy atom. The predicted octanol–water partition coefficient (Wildman–Crippen LogP) is 3.49. The SMILES string of the molecule is CCOc1ccc(NC(=S)NCCCN2CCC(C)CC2)cc1. The molecule has 128 valence electrons. The summed E-state index contributed by atoms with van der Waals surface area (Å²) in [5.74, 6) is 1.78. The number of nitrogens with one attached hydrogen (secondary N) is 2. The van der Waals surface area contributed by atoms with Crippen molar-refractivity contribution in [2.75, 3.05) is 38.1 Å². The number of nitrogens with zero attached hydrogens (tertiary/aromatic N) is 1. The molecule has 0 unspecified atom stereocenters. The van der Waals surface area contributed by atoms with Crippen LogP contribution >= 0.6 is 12.2 Å². The molecule has 0 aromatic heterocycles. The summed E-state index contributed by atoms with van der Waals surface area (Å²) in [4.78, 5) is 2.56. The average molecular weight is 336 g/mol. The highest BCUT2D eigenvalue weighted by molar-refractivity contribution is 7.80. The second-order valence-corrected chi connectivity index (χ2v) is 6.62. The van der Waals surface area contributed by atoms with E-state index in [0.29, 0.717) is 11.7 Å². The van der Waals surface area contributed by atoms with E-state index in [-0.39, 0.29) is 0 Å². The van der Waals surface area contributed by atoms with Gasteiger partial charge in [-0.2, -0.15) is 0 Å². The largest absolute Gasteiger partial charge is 0.494 e. The van der Waals surface area contributed by atoms with Crippen LogP contribution in [0.15, 0.2) is 24.3 Å². The lowest BCUT2D eigenvalue weighted by atomic mass is 9.99. The van der Waals surface area contributed by atoms with Gasteiger partial charge in [0.05, 0.1) is 6.61 Å². The second kappa shape index (κ2) is 9.73. The molecule has 5 heteroatoms. The number of ether oxygens (including phenoxy) is 1. The number of hydrogen-bond donors (Lipinski definition) is 2. The van der Waals surface area contributed by atoms with Crippen molar-refractivity contribution in [3.8, 4) is 5.75 Å². The van der Waals surface area contributed by atoms with Gasteiger partial charge in [0.15, 0.2) is 5.11 Å². The van der Waals surface area contributed by atoms with Crippen LogP contribution in [0.2, 0.25) is 0 Å². The summed E-state index contributed by atoms with van der Waals surface area (Å²) >= 11 is 5.34. The molecular formula is C18H29N3OS. The molecule has 2 N–H and O–H groups in total. The minimum absolute atomic E-state index is 0.682. The molecule has 4 nitrogen and oxygen atoms in total. The molecule has 1 aromatic rings. The number of likely N-dealkylation sites (tertiary alicyclic amines) is 1. The molecule has 1 aliphatic rings. The number of thiocarbonyl (C=S) groups is 1. The molecule has 2 rings (SSSR count). The van der Waals surface area contributed by atoms with Gasteiger partial charge >= 0.3 is 0 Å². The lowest BCUT2D eigenvalue weighted by Gasteiger charge is -2.30. The molecule has 0 atom stereocenters. The van der Waals surface area contributed by atoms with E-state index >= 15 is 0 Å². The van der Waals surface area contributed by atoms with Crippen molar-refractivity contribution >= 4 is 23.0 Å². The molecule has 1 saturated heterocycles. The Bertz CT molecular complexity index is 470. The van der Waals surface area contributed by atoms with E-state index in [2.05, 4.69) is 22.5 Å². The van der Waals surface area contributed by atoms with Crippen LogP contribution in [0.1, 0.15) is 33.1 Å². The summed E-state index contributed by atoms with van der Waals surface area (Å²) in [7, 11) is 0. The van der Waals surface area contributed by atoms with Gasteiger partial charge < -0.3 is 20.3 Å². The number of piperidine rings is 1. The Morgan fingerprint density at radius 3 is 2.61 bits per heavy atom. The van der Waals surface area contributed by atoms with Crippen LogP contribution in [0, 0.1) is 5.92 Å². The van der Waals surface area contributed by atoms with E-state index in [1.807, 2.05) is 31.2 Å². The van der Waals surface area contributed by atoms with E-state index < -0.39 is 0 Å². The summed E-state index contributed by atoms with van der Waals surface area (Å²) < 4.78 is 5.43. The molecular weight excluding hydrogens is 306 g/mol. The molecule has 0 amide bonds. The van der Waals surface area contributed by atoms with Crippen molar-refractivity contribution < 1.29 is 4.74 Å². The van der Waals surface area contributed by atoms with Crippen molar-refractivity contribution in [1.82, 2.24) is 10.2 Å². The zero-order chi connectivity index (χ0) is 16.5. The normalized spacial score (nSPS) is 16.1. The smallest absolute Gasteiger partial charge is 0.170 e. The summed E-state index contributed by atoms with van der Waals surface area (Å²) in [6, 6.07) is 7.86. The fourth-order valence-corrected chi connectivity index (χ4v) is 2.99. The topological polar surface area (TPSA) is 36.5 Å². The molecule has 1 aromatic carbocycles. The number of rotatable bonds is 7. The summed E-state index contributed by atoms with van der Waals surface area (Å²) in [5.41, 5.74) is 0.982. The molecule has 0 aliphatic carbocycles. The van der Waals surface area contributed by atoms with Crippen LogP contribution in [-0.4, -0.2) is 42.8 Å². The van der Waals surface area contributed by atoms with Gasteiger partial charge in [-0.05, 0) is 88.2 Å². The van der Waals surface area contributed by atoms with Gasteiger partial charge in [-0.15, -0.1) is 0 Å². The average Bonchev–Trinajstić information content (AvgIpc) is 2.55. The van der Waals surface area contributed by atoms with Gasteiger partial charge in [-0.1, -0.05) is 6.92 Å². The predicted molar refractivity (Wildman–Crippen MR) is 101 cm³/mol. The van der Waals surface area contributed by atoms with E-state index in [1.165, 1.54) is 25.9 Å². The van der Waals surface area contributed by atoms with Crippen molar-refractivity contribution in [2.45, 2.75) is 33.1 Å². The molecule has 1 heterocycles. The molecule has 1 fully saturated rings. The summed E-state index contributed by atoms with van der Waals surface area (Å²) in [6.07, 6.45) is 3.80. The van der Waals surface area contributed by atoms with E-state index in [9.17, 15) is 0 Å². The number of anilines is 1. The highest BCUT2D eigenvalue weighted by atomic mass is 32.1. The molecule has 0 radical (unpaired) electrons. The Morgan fingerprint density at radius 2 is 1.96 bits per heavy atom. The van der Waals surface area contributed by atoms with E-state index in [4.69, 9.17) is 17.0 Å². The Balaban J connectivity index is 1.59. The standard InChI is InChI=1S/C18H29N3OS/c1-3-22-17-7-5-16(6-8-17)20-18(23)19-11-4-12-21-13-9-15(2)10-14-21/h5-8,15H,3-4,9-14H2,1-2H3,(H2,19,20,23). The fourth-order valence-electron chi connectivity index (χ4n) is 2.77. The van der Waals surface area contributed by atoms with Crippen molar-refractivity contribution in [2.24, 2.45) is 5.92 Å². The zero-order valence-corrected chi connectivity index (χ0v) is 15.1. The molecule has 0 spiro atoms. The first kappa shape index (κ1) is 18.0. The first-order chi connectivity index (χ1) is 11.2. The number of benzene rings is 1. The van der Waals surface area contributed by atoms with Crippen LogP contribution in [0.4, 0.5) is 5.69 Å². The van der Waals surface area contributed by atoms with Gasteiger partial charge in [0.2, 0.25) is 0 Å². The summed E-state index contributed by atoms with van der Waals surface area (Å²) in [6.45, 7) is 9.58. The number of hydrogen-bond acceptors (Lipinski definition) is 3. The molecule has 0 saturated carbocycles. The molecule has 0 bridgehead atoms. The first-order valence-electron chi connectivity index (χ1n) is 8.67. The van der Waals surface area contributed by atoms with Gasteiger partial charge in [0, 0.05) is 12.2 Å². The lowest BCUT2D eigenvalue weighted by Crippen LogP contribution is -2.36. The van der Waals surface area contributed by atoms with Gasteiger partial charge in [-0.3, -0.25) is 0 Å². The Labute approximate surface area is 145 Å². The quantitative estimate of drug-likeness (QED) is 0.589. The Hall–Kier alpha value is -1.33. The summed E-state index contributed by atoms with van der Waals surface area (Å²) in [5, 5.41) is 7.17. The van der Waals surface area contributed by atoms with Crippen LogP contribution in [0.5, 0.6) is 5.75 Å². The third-order valence-corrected chi connectivity index (χ3v) is 4.48. The van der Waals surface area contributed by atoms with Gasteiger partial charge in [0.25, 0.3) is 0 Å². The third kappa shape index (κ3) is 6.75. The maximum absolute atomic E-state index is 5.43. The zero-order valence-electron chi connectivity index (χ0n) is 14.3. The van der Waals surface area contributed by atoms with Crippen LogP contribution in [-0.2, 0) is 0 Å². The third-order valence-electron chi connectivity index (χ3n) is 4.24. The fraction of sp³-hybridized carbons (Fsp3) is 0.611. The van der Waals surface area contributed by atoms with Crippen LogP contribution < -0.4 is 15.4 Å². The van der Waals surface area contributed by atoms with E-state index in [1.54, 1.807) is 0 Å². The second-order valence-electron chi connectivity index (χ2n) is 6.22. The van der Waals surface area contributed by atoms with Crippen molar-refractivity contribution in [3.05, 3.63) is 24.3 Å². The first-order valence-corrected chi connectivity index (χ1v) is 9.08. The lowest BCUT2D eigenvalue weighted by molar-refractivity contribution is 0.191. The highest BCUT2D eigenvalue weighted by Crippen LogP contribution is 2.16. The maximum atomic E-state index is 5.43. The van der Waals surface area contributed by atoms with E-state index in [0.717, 1.165) is 36.9 Å². The van der Waals surface area contributed by atoms with Crippen molar-refractivity contribution in [1.29, 1.82) is 0 Å². The Kier molecular flexibility index (Phi) is 7.62. The monoisotopic (exact) mass is 335 g/mol. The van der Waals surface area contributed by atoms with Gasteiger partial charge in [-0.25, -0.2) is 0 Å². The highest BCUT2D eigenvalue weighted by Gasteiger charge is 2.14. The minimum atomic E-state index is 0.682. The molecule has 23 heavy (non-hydrogen) atoms. The van der Waals surface area contributed by atoms with Gasteiger partial charge in [0.1, 0.15) is 5.75 Å².